The molecule has 1 aromatic rings. The summed E-state index contributed by atoms with van der Waals surface area (Å²) in [6.07, 6.45) is -0.679. The van der Waals surface area contributed by atoms with Crippen molar-refractivity contribution in [2.45, 2.75) is 27.7 Å². The summed E-state index contributed by atoms with van der Waals surface area (Å²) >= 11 is 0. The number of nitrogens with zero attached hydrogens (tertiary/aromatic N) is 2. The summed E-state index contributed by atoms with van der Waals surface area (Å²) in [5.41, 5.74) is 3.10. The maximum Gasteiger partial charge on any atom is 0.427 e. The fourth-order valence-corrected chi connectivity index (χ4v) is 2.25. The Morgan fingerprint density at radius 2 is 1.71 bits per heavy atom. The van der Waals surface area contributed by atoms with Gasteiger partial charge in [0.25, 0.3) is 11.8 Å². The third-order valence-corrected chi connectivity index (χ3v) is 3.61. The van der Waals surface area contributed by atoms with Crippen molar-refractivity contribution in [3.8, 4) is 0 Å². The fourth-order valence-electron chi connectivity index (χ4n) is 2.25. The van der Waals surface area contributed by atoms with E-state index in [2.05, 4.69) is 10.5 Å². The third-order valence-electron chi connectivity index (χ3n) is 3.61. The molecular weight excluding hydrogens is 310 g/mol. The van der Waals surface area contributed by atoms with Crippen LogP contribution in [0.1, 0.15) is 48.4 Å². The standard InChI is InChI=1S/C17H21N3O4/c1-5-24-16(23)19-18-13(17(2,3)4)10-20-14(21)11-8-6-7-9-12(11)15(20)22/h6-9H,5,10H2,1-4H3,(H,19,23)/b18-13-. The van der Waals surface area contributed by atoms with E-state index in [4.69, 9.17) is 4.74 Å². The zero-order valence-electron chi connectivity index (χ0n) is 14.3. The van der Waals surface area contributed by atoms with E-state index >= 15 is 0 Å². The van der Waals surface area contributed by atoms with Crippen molar-refractivity contribution in [3.63, 3.8) is 0 Å². The van der Waals surface area contributed by atoms with E-state index in [0.29, 0.717) is 16.8 Å². The number of amides is 3. The number of hydrogen-bond acceptors (Lipinski definition) is 5. The lowest BCUT2D eigenvalue weighted by molar-refractivity contribution is 0.0675. The molecular formula is C17H21N3O4. The molecule has 1 heterocycles. The molecule has 128 valence electrons. The van der Waals surface area contributed by atoms with Crippen LogP contribution in [0.3, 0.4) is 0 Å². The second-order valence-corrected chi connectivity index (χ2v) is 6.38. The molecule has 0 saturated carbocycles. The molecule has 0 bridgehead atoms. The van der Waals surface area contributed by atoms with Gasteiger partial charge < -0.3 is 4.74 Å². The number of nitrogens with one attached hydrogen (secondary N) is 1. The predicted molar refractivity (Wildman–Crippen MR) is 88.9 cm³/mol. The number of carbonyl (C=O) groups is 3. The smallest absolute Gasteiger partial charge is 0.427 e. The molecule has 3 amide bonds. The van der Waals surface area contributed by atoms with E-state index in [9.17, 15) is 14.4 Å². The lowest BCUT2D eigenvalue weighted by Gasteiger charge is -2.25. The Balaban J connectivity index is 2.22. The second-order valence-electron chi connectivity index (χ2n) is 6.38. The Morgan fingerprint density at radius 1 is 1.17 bits per heavy atom. The molecule has 7 nitrogen and oxygen atoms in total. The number of carbonyl (C=O) groups excluding carboxylic acids is 3. The zero-order valence-corrected chi connectivity index (χ0v) is 14.3. The quantitative estimate of drug-likeness (QED) is 0.521. The monoisotopic (exact) mass is 331 g/mol. The topological polar surface area (TPSA) is 88.1 Å². The van der Waals surface area contributed by atoms with Crippen LogP contribution in [0.15, 0.2) is 29.4 Å². The SMILES string of the molecule is CCOC(=O)N/N=C(/CN1C(=O)c2ccccc2C1=O)C(C)(C)C. The molecule has 7 heteroatoms. The Bertz CT molecular complexity index is 669. The van der Waals surface area contributed by atoms with E-state index in [1.54, 1.807) is 31.2 Å². The number of hydrazone groups is 1. The molecule has 0 fully saturated rings. The van der Waals surface area contributed by atoms with Gasteiger partial charge in [0.05, 0.1) is 30.0 Å². The first kappa shape index (κ1) is 17.7. The van der Waals surface area contributed by atoms with Crippen molar-refractivity contribution in [1.82, 2.24) is 10.3 Å². The van der Waals surface area contributed by atoms with Gasteiger partial charge in [-0.2, -0.15) is 5.10 Å². The molecule has 1 aromatic carbocycles. The first-order chi connectivity index (χ1) is 11.3. The number of imide groups is 1. The summed E-state index contributed by atoms with van der Waals surface area (Å²) in [7, 11) is 0. The van der Waals surface area contributed by atoms with E-state index < -0.39 is 11.5 Å². The summed E-state index contributed by atoms with van der Waals surface area (Å²) in [6, 6.07) is 6.68. The van der Waals surface area contributed by atoms with Crippen LogP contribution in [-0.2, 0) is 4.74 Å². The number of hydrogen-bond donors (Lipinski definition) is 1. The van der Waals surface area contributed by atoms with Gasteiger partial charge in [0.1, 0.15) is 0 Å². The van der Waals surface area contributed by atoms with Crippen molar-refractivity contribution in [3.05, 3.63) is 35.4 Å². The number of ether oxygens (including phenoxy) is 1. The van der Waals surface area contributed by atoms with Crippen LogP contribution in [0.5, 0.6) is 0 Å². The molecule has 0 aromatic heterocycles. The molecule has 1 aliphatic heterocycles. The molecule has 0 aliphatic carbocycles. The maximum absolute atomic E-state index is 12.4. The number of benzene rings is 1. The Morgan fingerprint density at radius 3 is 2.17 bits per heavy atom. The Labute approximate surface area is 140 Å². The van der Waals surface area contributed by atoms with Gasteiger partial charge in [-0.05, 0) is 19.1 Å². The third kappa shape index (κ3) is 3.61. The van der Waals surface area contributed by atoms with Gasteiger partial charge in [-0.1, -0.05) is 32.9 Å². The molecule has 1 aliphatic rings. The lowest BCUT2D eigenvalue weighted by Crippen LogP contribution is -2.40. The van der Waals surface area contributed by atoms with E-state index in [1.807, 2.05) is 20.8 Å². The largest absolute Gasteiger partial charge is 0.449 e. The summed E-state index contributed by atoms with van der Waals surface area (Å²) in [5, 5.41) is 4.05. The van der Waals surface area contributed by atoms with Gasteiger partial charge in [0.15, 0.2) is 0 Å². The van der Waals surface area contributed by atoms with Crippen molar-refractivity contribution < 1.29 is 19.1 Å². The maximum atomic E-state index is 12.4. The highest BCUT2D eigenvalue weighted by molar-refractivity contribution is 6.22. The van der Waals surface area contributed by atoms with Crippen LogP contribution >= 0.6 is 0 Å². The van der Waals surface area contributed by atoms with E-state index in [1.165, 1.54) is 0 Å². The van der Waals surface area contributed by atoms with Gasteiger partial charge in [0, 0.05) is 5.41 Å². The zero-order chi connectivity index (χ0) is 17.9. The van der Waals surface area contributed by atoms with E-state index in [-0.39, 0.29) is 25.0 Å². The van der Waals surface area contributed by atoms with E-state index in [0.717, 1.165) is 4.90 Å². The van der Waals surface area contributed by atoms with Gasteiger partial charge in [-0.3, -0.25) is 14.5 Å². The minimum atomic E-state index is -0.679. The van der Waals surface area contributed by atoms with Gasteiger partial charge in [-0.25, -0.2) is 10.2 Å². The van der Waals surface area contributed by atoms with Crippen LogP contribution in [0.4, 0.5) is 4.79 Å². The fraction of sp³-hybridized carbons (Fsp3) is 0.412. The minimum Gasteiger partial charge on any atom is -0.449 e. The van der Waals surface area contributed by atoms with Crippen LogP contribution in [0, 0.1) is 5.41 Å². The van der Waals surface area contributed by atoms with Gasteiger partial charge in [-0.15, -0.1) is 0 Å². The first-order valence-corrected chi connectivity index (χ1v) is 7.70. The summed E-state index contributed by atoms with van der Waals surface area (Å²) < 4.78 is 4.76. The molecule has 0 unspecified atom stereocenters. The van der Waals surface area contributed by atoms with Crippen LogP contribution < -0.4 is 5.43 Å². The van der Waals surface area contributed by atoms with Crippen molar-refractivity contribution in [1.29, 1.82) is 0 Å². The molecule has 0 spiro atoms. The molecule has 0 radical (unpaired) electrons. The second kappa shape index (κ2) is 6.82. The predicted octanol–water partition coefficient (Wildman–Crippen LogP) is 2.43. The summed E-state index contributed by atoms with van der Waals surface area (Å²) in [5.74, 6) is -0.715. The number of fused-ring (bicyclic) bond motifs is 1. The molecule has 24 heavy (non-hydrogen) atoms. The Kier molecular flexibility index (Phi) is 5.02. The molecule has 0 saturated heterocycles. The van der Waals surface area contributed by atoms with Crippen LogP contribution in [0.25, 0.3) is 0 Å². The average Bonchev–Trinajstić information content (AvgIpc) is 2.75. The molecule has 2 rings (SSSR count). The Hall–Kier alpha value is -2.70. The first-order valence-electron chi connectivity index (χ1n) is 7.70. The van der Waals surface area contributed by atoms with Gasteiger partial charge >= 0.3 is 6.09 Å². The normalized spacial score (nSPS) is 14.7. The average molecular weight is 331 g/mol. The highest BCUT2D eigenvalue weighted by Crippen LogP contribution is 2.25. The van der Waals surface area contributed by atoms with Crippen LogP contribution in [-0.4, -0.2) is 41.7 Å². The minimum absolute atomic E-state index is 0.00223. The summed E-state index contributed by atoms with van der Waals surface area (Å²) in [4.78, 5) is 37.5. The van der Waals surface area contributed by atoms with Crippen molar-refractivity contribution in [2.24, 2.45) is 10.5 Å². The molecule has 0 atom stereocenters. The highest BCUT2D eigenvalue weighted by Gasteiger charge is 2.37. The highest BCUT2D eigenvalue weighted by atomic mass is 16.5. The number of rotatable bonds is 4. The van der Waals surface area contributed by atoms with Crippen LogP contribution in [0.2, 0.25) is 0 Å². The summed E-state index contributed by atoms with van der Waals surface area (Å²) in [6.45, 7) is 7.57. The van der Waals surface area contributed by atoms with Crippen molar-refractivity contribution >= 4 is 23.6 Å². The van der Waals surface area contributed by atoms with Gasteiger partial charge in [0.2, 0.25) is 0 Å². The molecule has 1 N–H and O–H groups in total. The lowest BCUT2D eigenvalue weighted by atomic mass is 9.89. The van der Waals surface area contributed by atoms with Crippen molar-refractivity contribution in [2.75, 3.05) is 13.2 Å².